The number of hydrogen-bond acceptors (Lipinski definition) is 9. The van der Waals surface area contributed by atoms with Crippen LogP contribution in [0.5, 0.6) is 0 Å². The van der Waals surface area contributed by atoms with Crippen molar-refractivity contribution in [2.24, 2.45) is 11.0 Å². The molecule has 1 aliphatic carbocycles. The first-order chi connectivity index (χ1) is 11.9. The van der Waals surface area contributed by atoms with Crippen molar-refractivity contribution in [2.75, 3.05) is 53.8 Å². The van der Waals surface area contributed by atoms with Crippen molar-refractivity contribution < 1.29 is 23.9 Å². The van der Waals surface area contributed by atoms with Crippen LogP contribution >= 0.6 is 11.8 Å². The van der Waals surface area contributed by atoms with E-state index in [0.29, 0.717) is 23.9 Å². The summed E-state index contributed by atoms with van der Waals surface area (Å²) >= 11 is 1.27. The lowest BCUT2D eigenvalue weighted by molar-refractivity contribution is -0.148. The first-order valence-electron chi connectivity index (χ1n) is 7.91. The van der Waals surface area contributed by atoms with Crippen LogP contribution in [0.2, 0.25) is 0 Å². The van der Waals surface area contributed by atoms with Gasteiger partial charge >= 0.3 is 5.97 Å². The van der Waals surface area contributed by atoms with E-state index < -0.39 is 17.9 Å². The molecule has 1 heterocycles. The molecule has 0 fully saturated rings. The normalized spacial score (nSPS) is 22.8. The molecule has 2 atom stereocenters. The zero-order valence-corrected chi connectivity index (χ0v) is 15.7. The summed E-state index contributed by atoms with van der Waals surface area (Å²) in [6.07, 6.45) is 1.30. The largest absolute Gasteiger partial charge is 0.467 e. The van der Waals surface area contributed by atoms with Gasteiger partial charge in [0, 0.05) is 25.4 Å². The third kappa shape index (κ3) is 4.47. The molecule has 1 aliphatic heterocycles. The highest BCUT2D eigenvalue weighted by Crippen LogP contribution is 2.33. The molecule has 0 saturated carbocycles. The number of ketones is 2. The second-order valence-corrected chi connectivity index (χ2v) is 7.14. The van der Waals surface area contributed by atoms with Crippen LogP contribution in [0.25, 0.3) is 0 Å². The number of carbonyl (C=O) groups excluding carboxylic acids is 3. The number of hydrazone groups is 1. The molecule has 2 aliphatic rings. The van der Waals surface area contributed by atoms with Crippen molar-refractivity contribution in [2.45, 2.75) is 6.04 Å². The Morgan fingerprint density at radius 1 is 1.36 bits per heavy atom. The molecule has 0 spiro atoms. The van der Waals surface area contributed by atoms with Gasteiger partial charge in [0.2, 0.25) is 5.78 Å². The summed E-state index contributed by atoms with van der Waals surface area (Å²) in [6, 6.07) is -0.892. The van der Waals surface area contributed by atoms with Crippen molar-refractivity contribution in [1.82, 2.24) is 9.91 Å². The van der Waals surface area contributed by atoms with Gasteiger partial charge in [0.25, 0.3) is 0 Å². The Morgan fingerprint density at radius 2 is 2.08 bits per heavy atom. The van der Waals surface area contributed by atoms with E-state index in [0.717, 1.165) is 6.54 Å². The molecule has 25 heavy (non-hydrogen) atoms. The maximum Gasteiger partial charge on any atom is 0.331 e. The number of methoxy groups -OCH3 is 1. The number of rotatable bonds is 8. The number of likely N-dealkylation sites (N-methyl/N-ethyl adjacent to an activating group) is 2. The predicted octanol–water partition coefficient (Wildman–Crippen LogP) is -0.207. The number of Topliss-reactive ketones (excluding diaryl/α,β-unsaturated/α-hetero) is 1. The summed E-state index contributed by atoms with van der Waals surface area (Å²) in [7, 11) is 6.73. The third-order valence-corrected chi connectivity index (χ3v) is 4.93. The van der Waals surface area contributed by atoms with Crippen LogP contribution in [0.1, 0.15) is 0 Å². The van der Waals surface area contributed by atoms with Gasteiger partial charge in [-0.15, -0.1) is 11.8 Å². The fraction of sp³-hybridized carbons (Fsp3) is 0.625. The Balaban J connectivity index is 1.97. The summed E-state index contributed by atoms with van der Waals surface area (Å²) < 4.78 is 10.2. The first kappa shape index (κ1) is 19.6. The lowest BCUT2D eigenvalue weighted by Gasteiger charge is -2.24. The minimum Gasteiger partial charge on any atom is -0.467 e. The molecule has 0 saturated heterocycles. The maximum absolute atomic E-state index is 12.7. The number of esters is 1. The molecule has 0 amide bonds. The highest BCUT2D eigenvalue weighted by atomic mass is 32.2. The van der Waals surface area contributed by atoms with Gasteiger partial charge in [-0.05, 0) is 14.1 Å². The highest BCUT2D eigenvalue weighted by molar-refractivity contribution is 8.04. The molecule has 2 rings (SSSR count). The van der Waals surface area contributed by atoms with Gasteiger partial charge < -0.3 is 14.4 Å². The SMILES string of the molecule is COC(=O)C1C2C(=O)C(SCCOCCN(C)C)=CC(=O)C2=NN1C. The van der Waals surface area contributed by atoms with Gasteiger partial charge in [-0.2, -0.15) is 5.10 Å². The molecule has 0 N–H and O–H groups in total. The monoisotopic (exact) mass is 369 g/mol. The van der Waals surface area contributed by atoms with Crippen molar-refractivity contribution >= 4 is 35.0 Å². The van der Waals surface area contributed by atoms with Crippen LogP contribution < -0.4 is 0 Å². The topological polar surface area (TPSA) is 88.5 Å². The smallest absolute Gasteiger partial charge is 0.331 e. The van der Waals surface area contributed by atoms with E-state index in [1.807, 2.05) is 19.0 Å². The van der Waals surface area contributed by atoms with Gasteiger partial charge in [0.15, 0.2) is 11.8 Å². The zero-order chi connectivity index (χ0) is 18.6. The Morgan fingerprint density at radius 3 is 2.72 bits per heavy atom. The van der Waals surface area contributed by atoms with E-state index >= 15 is 0 Å². The fourth-order valence-corrected chi connectivity index (χ4v) is 3.51. The summed E-state index contributed by atoms with van der Waals surface area (Å²) in [6.45, 7) is 1.90. The van der Waals surface area contributed by atoms with E-state index in [9.17, 15) is 14.4 Å². The lowest BCUT2D eigenvalue weighted by atomic mass is 9.85. The Kier molecular flexibility index (Phi) is 6.74. The van der Waals surface area contributed by atoms with E-state index in [-0.39, 0.29) is 17.3 Å². The average Bonchev–Trinajstić information content (AvgIpc) is 2.92. The molecule has 0 bridgehead atoms. The van der Waals surface area contributed by atoms with Crippen LogP contribution in [-0.2, 0) is 23.9 Å². The number of hydrogen-bond donors (Lipinski definition) is 0. The van der Waals surface area contributed by atoms with Crippen molar-refractivity contribution in [1.29, 1.82) is 0 Å². The first-order valence-corrected chi connectivity index (χ1v) is 8.90. The minimum absolute atomic E-state index is 0.106. The van der Waals surface area contributed by atoms with Crippen LogP contribution in [0.4, 0.5) is 0 Å². The summed E-state index contributed by atoms with van der Waals surface area (Å²) in [5, 5.41) is 5.39. The third-order valence-electron chi connectivity index (χ3n) is 3.93. The van der Waals surface area contributed by atoms with Gasteiger partial charge in [0.05, 0.1) is 25.2 Å². The number of nitrogens with zero attached hydrogens (tertiary/aromatic N) is 3. The molecular weight excluding hydrogens is 346 g/mol. The molecule has 0 radical (unpaired) electrons. The molecule has 9 heteroatoms. The predicted molar refractivity (Wildman–Crippen MR) is 94.4 cm³/mol. The summed E-state index contributed by atoms with van der Waals surface area (Å²) in [5.41, 5.74) is 0.106. The molecule has 2 unspecified atom stereocenters. The molecule has 0 aromatic heterocycles. The van der Waals surface area contributed by atoms with Gasteiger partial charge in [-0.3, -0.25) is 14.6 Å². The summed E-state index contributed by atoms with van der Waals surface area (Å²) in [5.74, 6) is -1.52. The zero-order valence-electron chi connectivity index (χ0n) is 14.9. The lowest BCUT2D eigenvalue weighted by Crippen LogP contribution is -2.46. The molecule has 0 aromatic rings. The Labute approximate surface area is 151 Å². The van der Waals surface area contributed by atoms with Crippen molar-refractivity contribution in [3.63, 3.8) is 0 Å². The number of allylic oxidation sites excluding steroid dienone is 2. The van der Waals surface area contributed by atoms with Gasteiger partial charge in [-0.25, -0.2) is 4.79 Å². The number of fused-ring (bicyclic) bond motifs is 1. The van der Waals surface area contributed by atoms with E-state index in [1.165, 1.54) is 30.0 Å². The summed E-state index contributed by atoms with van der Waals surface area (Å²) in [4.78, 5) is 39.3. The van der Waals surface area contributed by atoms with Crippen LogP contribution in [0.15, 0.2) is 16.1 Å². The fourth-order valence-electron chi connectivity index (χ4n) is 2.63. The second-order valence-electron chi connectivity index (χ2n) is 6.01. The molecule has 138 valence electrons. The Hall–Kier alpha value is -1.71. The standard InChI is InChI=1S/C16H23N3O5S/c1-18(2)5-6-24-7-8-25-11-9-10(20)13-12(15(11)21)14(16(22)23-4)19(3)17-13/h9,12,14H,5-8H2,1-4H3. The van der Waals surface area contributed by atoms with Crippen LogP contribution in [0, 0.1) is 5.92 Å². The van der Waals surface area contributed by atoms with E-state index in [1.54, 1.807) is 7.05 Å². The van der Waals surface area contributed by atoms with Crippen LogP contribution in [-0.4, -0.2) is 93.0 Å². The Bertz CT molecular complexity index is 617. The number of ether oxygens (including phenoxy) is 2. The number of thioether (sulfide) groups is 1. The molecule has 0 aromatic carbocycles. The molecule has 8 nitrogen and oxygen atoms in total. The van der Waals surface area contributed by atoms with Gasteiger partial charge in [0.1, 0.15) is 11.6 Å². The van der Waals surface area contributed by atoms with E-state index in [4.69, 9.17) is 9.47 Å². The highest BCUT2D eigenvalue weighted by Gasteiger charge is 2.50. The van der Waals surface area contributed by atoms with Crippen molar-refractivity contribution in [3.05, 3.63) is 11.0 Å². The minimum atomic E-state index is -0.896. The average molecular weight is 369 g/mol. The van der Waals surface area contributed by atoms with Gasteiger partial charge in [-0.1, -0.05) is 0 Å². The molecular formula is C16H23N3O5S. The van der Waals surface area contributed by atoms with Crippen molar-refractivity contribution in [3.8, 4) is 0 Å². The maximum atomic E-state index is 12.7. The number of carbonyl (C=O) groups is 3. The second kappa shape index (κ2) is 8.59. The van der Waals surface area contributed by atoms with E-state index in [2.05, 4.69) is 5.10 Å². The quantitative estimate of drug-likeness (QED) is 0.429. The van der Waals surface area contributed by atoms with Crippen LogP contribution in [0.3, 0.4) is 0 Å².